The Morgan fingerprint density at radius 3 is 2.33 bits per heavy atom. The van der Waals surface area contributed by atoms with Crippen molar-refractivity contribution in [3.8, 4) is 5.75 Å². The Kier molecular flexibility index (Phi) is 7.51. The second-order valence-corrected chi connectivity index (χ2v) is 10.8. The zero-order chi connectivity index (χ0) is 21.7. The maximum atomic E-state index is 12.7. The zero-order valence-electron chi connectivity index (χ0n) is 17.6. The predicted octanol–water partition coefficient (Wildman–Crippen LogP) is 2.58. The van der Waals surface area contributed by atoms with Crippen molar-refractivity contribution >= 4 is 27.3 Å². The zero-order valence-corrected chi connectivity index (χ0v) is 19.2. The summed E-state index contributed by atoms with van der Waals surface area (Å²) >= 11 is 1.23. The summed E-state index contributed by atoms with van der Waals surface area (Å²) in [5, 5.41) is 4.90. The third-order valence-corrected chi connectivity index (χ3v) is 8.52. The van der Waals surface area contributed by atoms with Crippen LogP contribution in [-0.4, -0.2) is 63.4 Å². The maximum absolute atomic E-state index is 12.7. The van der Waals surface area contributed by atoms with Crippen molar-refractivity contribution in [2.75, 3.05) is 39.8 Å². The molecule has 164 valence electrons. The van der Waals surface area contributed by atoms with Crippen LogP contribution in [0.2, 0.25) is 0 Å². The van der Waals surface area contributed by atoms with Gasteiger partial charge in [0.2, 0.25) is 5.91 Å². The Bertz CT molecular complexity index is 920. The number of carbonyl (C=O) groups is 1. The molecule has 1 amide bonds. The summed E-state index contributed by atoms with van der Waals surface area (Å²) in [5.74, 6) is 0.956. The molecule has 9 heteroatoms. The average Bonchev–Trinajstić information content (AvgIpc) is 3.28. The first-order valence-corrected chi connectivity index (χ1v) is 12.3. The second-order valence-electron chi connectivity index (χ2n) is 7.67. The van der Waals surface area contributed by atoms with Crippen LogP contribution in [-0.2, 0) is 14.8 Å². The molecule has 0 spiro atoms. The normalized spacial score (nSPS) is 17.1. The van der Waals surface area contributed by atoms with Gasteiger partial charge in [0.25, 0.3) is 10.0 Å². The Hall–Kier alpha value is -1.94. The molecule has 1 aromatic carbocycles. The largest absolute Gasteiger partial charge is 0.497 e. The number of thiophene rings is 1. The van der Waals surface area contributed by atoms with Gasteiger partial charge in [-0.05, 0) is 35.1 Å². The van der Waals surface area contributed by atoms with Gasteiger partial charge in [0, 0.05) is 26.2 Å². The van der Waals surface area contributed by atoms with Crippen LogP contribution in [0.5, 0.6) is 5.75 Å². The first kappa shape index (κ1) is 22.7. The molecule has 1 aliphatic heterocycles. The number of hydrogen-bond donors (Lipinski definition) is 1. The first-order chi connectivity index (χ1) is 14.3. The number of benzene rings is 1. The van der Waals surface area contributed by atoms with Crippen molar-refractivity contribution in [3.05, 3.63) is 47.3 Å². The van der Waals surface area contributed by atoms with Gasteiger partial charge in [-0.25, -0.2) is 8.42 Å². The van der Waals surface area contributed by atoms with Crippen LogP contribution in [0.3, 0.4) is 0 Å². The third-order valence-electron chi connectivity index (χ3n) is 5.25. The highest BCUT2D eigenvalue weighted by Gasteiger charge is 2.30. The van der Waals surface area contributed by atoms with Gasteiger partial charge in [-0.1, -0.05) is 32.0 Å². The molecule has 0 saturated carbocycles. The Balaban J connectivity index is 1.54. The quantitative estimate of drug-likeness (QED) is 0.667. The van der Waals surface area contributed by atoms with E-state index in [-0.39, 0.29) is 24.4 Å². The van der Waals surface area contributed by atoms with Crippen LogP contribution in [0.1, 0.15) is 25.5 Å². The van der Waals surface area contributed by atoms with Gasteiger partial charge in [0.05, 0.1) is 19.7 Å². The van der Waals surface area contributed by atoms with E-state index in [1.165, 1.54) is 15.6 Å². The fourth-order valence-electron chi connectivity index (χ4n) is 3.53. The maximum Gasteiger partial charge on any atom is 0.252 e. The van der Waals surface area contributed by atoms with Crippen molar-refractivity contribution in [2.24, 2.45) is 5.92 Å². The molecule has 3 rings (SSSR count). The number of carbonyl (C=O) groups excluding carboxylic acids is 1. The number of piperazine rings is 1. The molecule has 1 aromatic heterocycles. The van der Waals surface area contributed by atoms with Crippen molar-refractivity contribution in [1.82, 2.24) is 14.5 Å². The number of rotatable bonds is 8. The lowest BCUT2D eigenvalue weighted by Gasteiger charge is -2.33. The minimum atomic E-state index is -3.43. The van der Waals surface area contributed by atoms with Gasteiger partial charge < -0.3 is 10.1 Å². The van der Waals surface area contributed by atoms with Crippen LogP contribution in [0, 0.1) is 5.92 Å². The Labute approximate surface area is 182 Å². The molecule has 1 saturated heterocycles. The molecule has 1 aliphatic rings. The molecule has 0 bridgehead atoms. The molecule has 1 atom stereocenters. The summed E-state index contributed by atoms with van der Waals surface area (Å²) in [5.41, 5.74) is 1.03. The third kappa shape index (κ3) is 5.40. The number of nitrogens with zero attached hydrogens (tertiary/aromatic N) is 2. The molecular formula is C21H29N3O4S2. The highest BCUT2D eigenvalue weighted by Crippen LogP contribution is 2.24. The van der Waals surface area contributed by atoms with Gasteiger partial charge in [-0.2, -0.15) is 4.31 Å². The van der Waals surface area contributed by atoms with E-state index in [0.717, 1.165) is 11.3 Å². The van der Waals surface area contributed by atoms with Crippen LogP contribution in [0.25, 0.3) is 0 Å². The lowest BCUT2D eigenvalue weighted by atomic mass is 9.96. The highest BCUT2D eigenvalue weighted by molar-refractivity contribution is 7.91. The van der Waals surface area contributed by atoms with E-state index in [1.807, 2.05) is 29.2 Å². The predicted molar refractivity (Wildman–Crippen MR) is 118 cm³/mol. The summed E-state index contributed by atoms with van der Waals surface area (Å²) in [6, 6.07) is 11.0. The van der Waals surface area contributed by atoms with E-state index in [1.54, 1.807) is 24.6 Å². The van der Waals surface area contributed by atoms with Gasteiger partial charge in [0.15, 0.2) is 0 Å². The number of nitrogens with one attached hydrogen (secondary N) is 1. The minimum absolute atomic E-state index is 0.0564. The van der Waals surface area contributed by atoms with Gasteiger partial charge in [-0.3, -0.25) is 9.69 Å². The summed E-state index contributed by atoms with van der Waals surface area (Å²) in [6.07, 6.45) is 0. The summed E-state index contributed by atoms with van der Waals surface area (Å²) in [7, 11) is -1.80. The molecule has 30 heavy (non-hydrogen) atoms. The number of hydrogen-bond acceptors (Lipinski definition) is 6. The lowest BCUT2D eigenvalue weighted by Crippen LogP contribution is -2.51. The molecule has 0 radical (unpaired) electrons. The summed E-state index contributed by atoms with van der Waals surface area (Å²) in [4.78, 5) is 14.7. The number of methoxy groups -OCH3 is 1. The van der Waals surface area contributed by atoms with E-state index < -0.39 is 10.0 Å². The molecular weight excluding hydrogens is 422 g/mol. The highest BCUT2D eigenvalue weighted by atomic mass is 32.2. The van der Waals surface area contributed by atoms with E-state index >= 15 is 0 Å². The second kappa shape index (κ2) is 9.91. The lowest BCUT2D eigenvalue weighted by molar-refractivity contribution is -0.123. The van der Waals surface area contributed by atoms with Crippen molar-refractivity contribution in [2.45, 2.75) is 24.1 Å². The monoisotopic (exact) mass is 451 g/mol. The van der Waals surface area contributed by atoms with Crippen LogP contribution in [0.15, 0.2) is 46.0 Å². The van der Waals surface area contributed by atoms with Gasteiger partial charge >= 0.3 is 0 Å². The fraction of sp³-hybridized carbons (Fsp3) is 0.476. The number of amides is 1. The van der Waals surface area contributed by atoms with Crippen LogP contribution >= 0.6 is 11.3 Å². The molecule has 1 N–H and O–H groups in total. The van der Waals surface area contributed by atoms with E-state index in [2.05, 4.69) is 19.2 Å². The average molecular weight is 452 g/mol. The molecule has 1 unspecified atom stereocenters. The summed E-state index contributed by atoms with van der Waals surface area (Å²) < 4.78 is 32.3. The SMILES string of the molecule is COc1ccc(C(NC(=O)CN2CCN(S(=O)(=O)c3cccs3)CC2)C(C)C)cc1. The number of ether oxygens (including phenoxy) is 1. The topological polar surface area (TPSA) is 79.0 Å². The fourth-order valence-corrected chi connectivity index (χ4v) is 6.10. The van der Waals surface area contributed by atoms with Gasteiger partial charge in [0.1, 0.15) is 9.96 Å². The van der Waals surface area contributed by atoms with Crippen molar-refractivity contribution in [1.29, 1.82) is 0 Å². The summed E-state index contributed by atoms with van der Waals surface area (Å²) in [6.45, 7) is 6.25. The van der Waals surface area contributed by atoms with Crippen LogP contribution in [0.4, 0.5) is 0 Å². The van der Waals surface area contributed by atoms with E-state index in [9.17, 15) is 13.2 Å². The van der Waals surface area contributed by atoms with E-state index in [0.29, 0.717) is 30.4 Å². The first-order valence-electron chi connectivity index (χ1n) is 10.0. The van der Waals surface area contributed by atoms with Crippen molar-refractivity contribution < 1.29 is 17.9 Å². The Morgan fingerprint density at radius 2 is 1.80 bits per heavy atom. The van der Waals surface area contributed by atoms with Crippen molar-refractivity contribution in [3.63, 3.8) is 0 Å². The minimum Gasteiger partial charge on any atom is -0.497 e. The molecule has 2 aromatic rings. The number of sulfonamides is 1. The van der Waals surface area contributed by atoms with E-state index in [4.69, 9.17) is 4.74 Å². The Morgan fingerprint density at radius 1 is 1.13 bits per heavy atom. The molecule has 0 aliphatic carbocycles. The molecule has 7 nitrogen and oxygen atoms in total. The standard InChI is InChI=1S/C21H29N3O4S2/c1-16(2)21(17-6-8-18(28-3)9-7-17)22-19(25)15-23-10-12-24(13-11-23)30(26,27)20-5-4-14-29-20/h4-9,14,16,21H,10-13,15H2,1-3H3,(H,22,25). The van der Waals surface area contributed by atoms with Gasteiger partial charge in [-0.15, -0.1) is 11.3 Å². The smallest absolute Gasteiger partial charge is 0.252 e. The molecule has 1 fully saturated rings. The van der Waals surface area contributed by atoms with Crippen LogP contribution < -0.4 is 10.1 Å². The molecule has 2 heterocycles.